The third-order valence-electron chi connectivity index (χ3n) is 4.13. The van der Waals surface area contributed by atoms with E-state index in [4.69, 9.17) is 11.6 Å². The minimum absolute atomic E-state index is 0.0701. The van der Waals surface area contributed by atoms with E-state index in [0.717, 1.165) is 24.1 Å². The number of hydrazone groups is 1. The Kier molecular flexibility index (Phi) is 5.68. The van der Waals surface area contributed by atoms with Gasteiger partial charge in [0.15, 0.2) is 0 Å². The number of nitrogens with zero attached hydrogens (tertiary/aromatic N) is 3. The fraction of sp³-hybridized carbons (Fsp3) is 0.250. The zero-order valence-electron chi connectivity index (χ0n) is 14.9. The van der Waals surface area contributed by atoms with E-state index in [9.17, 15) is 4.79 Å². The van der Waals surface area contributed by atoms with Crippen molar-refractivity contribution in [3.05, 3.63) is 69.5 Å². The van der Waals surface area contributed by atoms with E-state index in [-0.39, 0.29) is 5.56 Å². The number of anilines is 1. The summed E-state index contributed by atoms with van der Waals surface area (Å²) in [4.78, 5) is 17.2. The number of fused-ring (bicyclic) bond motifs is 1. The Hall–Kier alpha value is -2.66. The molecule has 0 aliphatic rings. The maximum atomic E-state index is 12.7. The summed E-state index contributed by atoms with van der Waals surface area (Å²) in [5.41, 5.74) is 5.48. The predicted octanol–water partition coefficient (Wildman–Crippen LogP) is 4.69. The average Bonchev–Trinajstić information content (AvgIpc) is 2.66. The summed E-state index contributed by atoms with van der Waals surface area (Å²) in [6.07, 6.45) is 1.76. The third-order valence-corrected chi connectivity index (χ3v) is 4.38. The highest BCUT2D eigenvalue weighted by atomic mass is 35.5. The van der Waals surface area contributed by atoms with Gasteiger partial charge in [0.2, 0.25) is 5.95 Å². The van der Waals surface area contributed by atoms with Gasteiger partial charge in [-0.15, -0.1) is 0 Å². The zero-order chi connectivity index (χ0) is 18.5. The lowest BCUT2D eigenvalue weighted by Crippen LogP contribution is -2.23. The van der Waals surface area contributed by atoms with Crippen molar-refractivity contribution in [3.63, 3.8) is 0 Å². The van der Waals surface area contributed by atoms with E-state index in [0.29, 0.717) is 28.4 Å². The molecule has 6 heteroatoms. The van der Waals surface area contributed by atoms with Gasteiger partial charge in [0, 0.05) is 11.6 Å². The van der Waals surface area contributed by atoms with E-state index >= 15 is 0 Å². The van der Waals surface area contributed by atoms with Crippen molar-refractivity contribution in [1.29, 1.82) is 0 Å². The molecule has 0 radical (unpaired) electrons. The zero-order valence-corrected chi connectivity index (χ0v) is 15.6. The van der Waals surface area contributed by atoms with E-state index in [1.54, 1.807) is 10.6 Å². The Morgan fingerprint density at radius 1 is 1.15 bits per heavy atom. The van der Waals surface area contributed by atoms with Crippen molar-refractivity contribution >= 4 is 34.2 Å². The smallest absolute Gasteiger partial charge is 0.262 e. The van der Waals surface area contributed by atoms with Crippen LogP contribution in [0, 0.1) is 0 Å². The van der Waals surface area contributed by atoms with Gasteiger partial charge in [0.05, 0.1) is 16.6 Å². The lowest BCUT2D eigenvalue weighted by atomic mass is 10.1. The lowest BCUT2D eigenvalue weighted by molar-refractivity contribution is 0.724. The van der Waals surface area contributed by atoms with Crippen molar-refractivity contribution in [2.24, 2.45) is 5.10 Å². The van der Waals surface area contributed by atoms with Crippen LogP contribution < -0.4 is 11.0 Å². The van der Waals surface area contributed by atoms with Crippen LogP contribution in [-0.2, 0) is 6.54 Å². The summed E-state index contributed by atoms with van der Waals surface area (Å²) in [5, 5.41) is 5.84. The highest BCUT2D eigenvalue weighted by Gasteiger charge is 2.10. The van der Waals surface area contributed by atoms with Gasteiger partial charge in [0.25, 0.3) is 5.56 Å². The minimum atomic E-state index is -0.0701. The van der Waals surface area contributed by atoms with Gasteiger partial charge >= 0.3 is 0 Å². The molecule has 3 aromatic rings. The highest BCUT2D eigenvalue weighted by molar-refractivity contribution is 6.30. The topological polar surface area (TPSA) is 59.3 Å². The average molecular weight is 369 g/mol. The van der Waals surface area contributed by atoms with Crippen molar-refractivity contribution in [3.8, 4) is 0 Å². The molecule has 1 N–H and O–H groups in total. The molecule has 0 atom stereocenters. The summed E-state index contributed by atoms with van der Waals surface area (Å²) >= 11 is 5.98. The number of rotatable bonds is 6. The van der Waals surface area contributed by atoms with E-state index in [1.165, 1.54) is 0 Å². The summed E-state index contributed by atoms with van der Waals surface area (Å²) in [5.74, 6) is 0.443. The second-order valence-corrected chi connectivity index (χ2v) is 6.37. The number of aromatic nitrogens is 2. The van der Waals surface area contributed by atoms with E-state index < -0.39 is 0 Å². The van der Waals surface area contributed by atoms with Gasteiger partial charge in [-0.2, -0.15) is 5.10 Å². The number of benzene rings is 2. The molecule has 0 spiro atoms. The van der Waals surface area contributed by atoms with Crippen LogP contribution in [0.5, 0.6) is 0 Å². The van der Waals surface area contributed by atoms with E-state index in [1.807, 2.05) is 49.4 Å². The lowest BCUT2D eigenvalue weighted by Gasteiger charge is -2.12. The van der Waals surface area contributed by atoms with Crippen molar-refractivity contribution in [2.45, 2.75) is 33.2 Å². The molecule has 0 saturated carbocycles. The first-order chi connectivity index (χ1) is 12.6. The third kappa shape index (κ3) is 3.78. The second kappa shape index (κ2) is 8.15. The number of hydrogen-bond acceptors (Lipinski definition) is 4. The van der Waals surface area contributed by atoms with Crippen LogP contribution in [0.3, 0.4) is 0 Å². The standard InChI is InChI=1S/C20H21ClN4O/c1-3-7-17(14-10-12-15(21)13-11-14)23-24-20-22-18-9-6-5-8-16(18)19(26)25(20)4-2/h5-6,8-13H,3-4,7H2,1-2H3,(H,22,24)/b23-17-. The molecule has 0 unspecified atom stereocenters. The fourth-order valence-corrected chi connectivity index (χ4v) is 2.93. The predicted molar refractivity (Wildman–Crippen MR) is 108 cm³/mol. The molecule has 0 aliphatic heterocycles. The van der Waals surface area contributed by atoms with Crippen LogP contribution in [0.25, 0.3) is 10.9 Å². The van der Waals surface area contributed by atoms with Gasteiger partial charge in [-0.3, -0.25) is 9.36 Å². The highest BCUT2D eigenvalue weighted by Crippen LogP contribution is 2.14. The van der Waals surface area contributed by atoms with Crippen molar-refractivity contribution in [2.75, 3.05) is 5.43 Å². The molecule has 0 fully saturated rings. The van der Waals surface area contributed by atoms with E-state index in [2.05, 4.69) is 22.4 Å². The first-order valence-electron chi connectivity index (χ1n) is 8.72. The molecule has 0 bridgehead atoms. The molecule has 1 aromatic heterocycles. The van der Waals surface area contributed by atoms with Crippen molar-refractivity contribution in [1.82, 2.24) is 9.55 Å². The van der Waals surface area contributed by atoms with Crippen molar-refractivity contribution < 1.29 is 0 Å². The molecule has 5 nitrogen and oxygen atoms in total. The van der Waals surface area contributed by atoms with Gasteiger partial charge < -0.3 is 0 Å². The number of hydrogen-bond donors (Lipinski definition) is 1. The number of para-hydroxylation sites is 1. The Bertz CT molecular complexity index is 993. The number of nitrogens with one attached hydrogen (secondary N) is 1. The van der Waals surface area contributed by atoms with Crippen LogP contribution >= 0.6 is 11.6 Å². The molecular weight excluding hydrogens is 348 g/mol. The fourth-order valence-electron chi connectivity index (χ4n) is 2.81. The Morgan fingerprint density at radius 2 is 1.88 bits per heavy atom. The Balaban J connectivity index is 2.01. The quantitative estimate of drug-likeness (QED) is 0.507. The summed E-state index contributed by atoms with van der Waals surface area (Å²) < 4.78 is 1.59. The van der Waals surface area contributed by atoms with Crippen LogP contribution in [0.2, 0.25) is 5.02 Å². The van der Waals surface area contributed by atoms with Gasteiger partial charge in [-0.25, -0.2) is 10.4 Å². The monoisotopic (exact) mass is 368 g/mol. The first-order valence-corrected chi connectivity index (χ1v) is 9.10. The normalized spacial score (nSPS) is 11.7. The van der Waals surface area contributed by atoms with Gasteiger partial charge in [0.1, 0.15) is 0 Å². The maximum absolute atomic E-state index is 12.7. The van der Waals surface area contributed by atoms with Crippen LogP contribution in [0.4, 0.5) is 5.95 Å². The van der Waals surface area contributed by atoms with Gasteiger partial charge in [-0.05, 0) is 43.2 Å². The molecule has 26 heavy (non-hydrogen) atoms. The number of halogens is 1. The second-order valence-electron chi connectivity index (χ2n) is 5.93. The maximum Gasteiger partial charge on any atom is 0.262 e. The Morgan fingerprint density at radius 3 is 2.58 bits per heavy atom. The SMILES string of the molecule is CCC/C(=N/Nc1nc2ccccc2c(=O)n1CC)c1ccc(Cl)cc1. The van der Waals surface area contributed by atoms with Crippen LogP contribution in [-0.4, -0.2) is 15.3 Å². The molecule has 0 amide bonds. The largest absolute Gasteiger partial charge is 0.277 e. The molecule has 0 aliphatic carbocycles. The molecule has 2 aromatic carbocycles. The van der Waals surface area contributed by atoms with Crippen LogP contribution in [0.15, 0.2) is 58.4 Å². The molecule has 0 saturated heterocycles. The molecule has 3 rings (SSSR count). The molecule has 134 valence electrons. The molecular formula is C20H21ClN4O. The van der Waals surface area contributed by atoms with Crippen LogP contribution in [0.1, 0.15) is 32.3 Å². The Labute approximate surface area is 157 Å². The summed E-state index contributed by atoms with van der Waals surface area (Å²) in [6, 6.07) is 14.9. The van der Waals surface area contributed by atoms with Gasteiger partial charge in [-0.1, -0.05) is 49.2 Å². The first kappa shape index (κ1) is 18.1. The summed E-state index contributed by atoms with van der Waals surface area (Å²) in [6.45, 7) is 4.53. The minimum Gasteiger partial charge on any atom is -0.277 e. The summed E-state index contributed by atoms with van der Waals surface area (Å²) in [7, 11) is 0. The molecule has 1 heterocycles.